The predicted molar refractivity (Wildman–Crippen MR) is 140 cm³/mol. The van der Waals surface area contributed by atoms with E-state index in [4.69, 9.17) is 4.43 Å². The van der Waals surface area contributed by atoms with Crippen LogP contribution in [0.25, 0.3) is 21.6 Å². The van der Waals surface area contributed by atoms with Crippen LogP contribution in [0.5, 0.6) is 0 Å². The molecule has 0 spiro atoms. The Bertz CT molecular complexity index is 1090. The number of thiophene rings is 1. The van der Waals surface area contributed by atoms with Crippen molar-refractivity contribution in [1.29, 1.82) is 0 Å². The molecule has 3 aromatic rings. The Balaban J connectivity index is 1.88. The van der Waals surface area contributed by atoms with Crippen molar-refractivity contribution in [1.82, 2.24) is 4.98 Å². The lowest BCUT2D eigenvalue weighted by atomic mass is 10.0. The number of rotatable bonds is 5. The van der Waals surface area contributed by atoms with Crippen LogP contribution in [-0.4, -0.2) is 19.9 Å². The number of aromatic nitrogens is 1. The van der Waals surface area contributed by atoms with Gasteiger partial charge in [0, 0.05) is 39.4 Å². The summed E-state index contributed by atoms with van der Waals surface area (Å²) in [7, 11) is -1.75. The van der Waals surface area contributed by atoms with E-state index < -0.39 is 8.32 Å². The van der Waals surface area contributed by atoms with Gasteiger partial charge in [-0.15, -0.1) is 11.3 Å². The maximum absolute atomic E-state index is 13.5. The van der Waals surface area contributed by atoms with E-state index in [9.17, 15) is 4.39 Å². The Labute approximate surface area is 203 Å². The van der Waals surface area contributed by atoms with E-state index in [1.807, 2.05) is 24.3 Å². The number of pyridine rings is 1. The number of hydrogen-bond donors (Lipinski definition) is 0. The summed E-state index contributed by atoms with van der Waals surface area (Å²) < 4.78 is 20.8. The summed E-state index contributed by atoms with van der Waals surface area (Å²) in [5, 5.41) is 0.201. The number of hydrogen-bond acceptors (Lipinski definition) is 3. The molecule has 1 aromatic carbocycles. The van der Waals surface area contributed by atoms with Gasteiger partial charge < -0.3 is 4.43 Å². The number of benzene rings is 1. The molecule has 0 saturated heterocycles. The maximum Gasteiger partial charge on any atom is 0.192 e. The Morgan fingerprint density at radius 2 is 1.71 bits per heavy atom. The highest BCUT2D eigenvalue weighted by Crippen LogP contribution is 2.43. The lowest BCUT2D eigenvalue weighted by Gasteiger charge is -2.35. The largest absolute Gasteiger partial charge is 0.416 e. The summed E-state index contributed by atoms with van der Waals surface area (Å²) in [5.74, 6) is 6.42. The van der Waals surface area contributed by atoms with E-state index in [-0.39, 0.29) is 10.9 Å². The monoisotopic (exact) mass is 563 g/mol. The highest BCUT2D eigenvalue weighted by Gasteiger charge is 2.36. The molecule has 0 N–H and O–H groups in total. The van der Waals surface area contributed by atoms with Crippen LogP contribution in [0.3, 0.4) is 0 Å². The van der Waals surface area contributed by atoms with Gasteiger partial charge in [-0.25, -0.2) is 4.39 Å². The van der Waals surface area contributed by atoms with Crippen LogP contribution in [-0.2, 0) is 4.43 Å². The van der Waals surface area contributed by atoms with Crippen LogP contribution in [0.15, 0.2) is 48.8 Å². The van der Waals surface area contributed by atoms with Crippen LogP contribution in [0.1, 0.15) is 32.1 Å². The zero-order valence-corrected chi connectivity index (χ0v) is 22.5. The van der Waals surface area contributed by atoms with E-state index in [0.717, 1.165) is 30.0 Å². The van der Waals surface area contributed by atoms with Gasteiger partial charge in [0.2, 0.25) is 0 Å². The Kier molecular flexibility index (Phi) is 7.74. The van der Waals surface area contributed by atoms with Crippen molar-refractivity contribution >= 4 is 42.2 Å². The van der Waals surface area contributed by atoms with Crippen LogP contribution in [0.2, 0.25) is 18.1 Å². The lowest BCUT2D eigenvalue weighted by Crippen LogP contribution is -2.40. The SMILES string of the molecule is CC(C)(C)[Si](C)(C)OCCC#Cc1sc(-c2ccc(F)cc2)c(-c2ccncc2)c1I. The number of nitrogens with zero attached hydrogens (tertiary/aromatic N) is 1. The van der Waals surface area contributed by atoms with Crippen LogP contribution < -0.4 is 0 Å². The standard InChI is InChI=1S/C25H27FINOSSi/c1-25(2,3)31(4,5)29-17-7-6-8-21-23(27)22(18-13-15-28-16-14-18)24(30-21)19-9-11-20(26)12-10-19/h9-16H,7,17H2,1-5H3. The molecule has 0 radical (unpaired) electrons. The van der Waals surface area contributed by atoms with Gasteiger partial charge in [-0.05, 0) is 76.1 Å². The van der Waals surface area contributed by atoms with E-state index >= 15 is 0 Å². The molecule has 31 heavy (non-hydrogen) atoms. The molecule has 2 heterocycles. The second-order valence-corrected chi connectivity index (χ2v) is 15.8. The van der Waals surface area contributed by atoms with Crippen molar-refractivity contribution in [3.63, 3.8) is 0 Å². The summed E-state index contributed by atoms with van der Waals surface area (Å²) in [6, 6.07) is 10.7. The van der Waals surface area contributed by atoms with Gasteiger partial charge in [-0.3, -0.25) is 4.98 Å². The van der Waals surface area contributed by atoms with Gasteiger partial charge in [-0.2, -0.15) is 0 Å². The zero-order valence-electron chi connectivity index (χ0n) is 18.6. The highest BCUT2D eigenvalue weighted by atomic mass is 127. The topological polar surface area (TPSA) is 22.1 Å². The molecule has 3 rings (SSSR count). The third-order valence-electron chi connectivity index (χ3n) is 5.62. The molecule has 0 aliphatic carbocycles. The fourth-order valence-corrected chi connectivity index (χ4v) is 6.16. The van der Waals surface area contributed by atoms with Crippen molar-refractivity contribution in [3.05, 3.63) is 63.1 Å². The molecule has 0 saturated carbocycles. The van der Waals surface area contributed by atoms with Crippen LogP contribution >= 0.6 is 33.9 Å². The lowest BCUT2D eigenvalue weighted by molar-refractivity contribution is 0.296. The molecule has 162 valence electrons. The maximum atomic E-state index is 13.5. The van der Waals surface area contributed by atoms with E-state index in [1.54, 1.807) is 23.7 Å². The van der Waals surface area contributed by atoms with Gasteiger partial charge >= 0.3 is 0 Å². The second kappa shape index (κ2) is 9.95. The molecule has 2 aromatic heterocycles. The fraction of sp³-hybridized carbons (Fsp3) is 0.320. The third-order valence-corrected chi connectivity index (χ3v) is 12.8. The molecular formula is C25H27FINOSSi. The average molecular weight is 564 g/mol. The molecule has 2 nitrogen and oxygen atoms in total. The third kappa shape index (κ3) is 5.83. The van der Waals surface area contributed by atoms with E-state index in [1.165, 1.54) is 12.1 Å². The van der Waals surface area contributed by atoms with Gasteiger partial charge in [0.05, 0.1) is 4.88 Å². The van der Waals surface area contributed by atoms with Crippen molar-refractivity contribution in [2.24, 2.45) is 0 Å². The first-order valence-corrected chi connectivity index (χ1v) is 15.0. The summed E-state index contributed by atoms with van der Waals surface area (Å²) in [4.78, 5) is 6.26. The molecule has 0 amide bonds. The first kappa shape index (κ1) is 24.1. The second-order valence-electron chi connectivity index (χ2n) is 8.85. The first-order valence-electron chi connectivity index (χ1n) is 10.2. The fourth-order valence-electron chi connectivity index (χ4n) is 2.79. The average Bonchev–Trinajstić information content (AvgIpc) is 3.04. The van der Waals surface area contributed by atoms with Gasteiger partial charge in [0.1, 0.15) is 5.82 Å². The van der Waals surface area contributed by atoms with Crippen molar-refractivity contribution in [2.45, 2.75) is 45.3 Å². The molecule has 0 aliphatic heterocycles. The predicted octanol–water partition coefficient (Wildman–Crippen LogP) is 7.98. The van der Waals surface area contributed by atoms with Gasteiger partial charge in [0.15, 0.2) is 8.32 Å². The Morgan fingerprint density at radius 3 is 2.32 bits per heavy atom. The minimum atomic E-state index is -1.75. The van der Waals surface area contributed by atoms with E-state index in [2.05, 4.69) is 73.3 Å². The molecule has 0 fully saturated rings. The molecule has 0 atom stereocenters. The van der Waals surface area contributed by atoms with E-state index in [0.29, 0.717) is 13.0 Å². The summed E-state index contributed by atoms with van der Waals surface area (Å²) in [6.07, 6.45) is 4.29. The summed E-state index contributed by atoms with van der Waals surface area (Å²) in [6.45, 7) is 11.9. The minimum absolute atomic E-state index is 0.201. The molecular weight excluding hydrogens is 536 g/mol. The summed E-state index contributed by atoms with van der Waals surface area (Å²) in [5.41, 5.74) is 3.20. The molecule has 0 bridgehead atoms. The smallest absolute Gasteiger partial charge is 0.192 e. The van der Waals surface area contributed by atoms with Crippen molar-refractivity contribution in [2.75, 3.05) is 6.61 Å². The summed E-state index contributed by atoms with van der Waals surface area (Å²) >= 11 is 4.02. The first-order chi connectivity index (χ1) is 14.6. The molecule has 6 heteroatoms. The Morgan fingerprint density at radius 1 is 1.06 bits per heavy atom. The minimum Gasteiger partial charge on any atom is -0.416 e. The van der Waals surface area contributed by atoms with Crippen LogP contribution in [0, 0.1) is 21.2 Å². The van der Waals surface area contributed by atoms with Gasteiger partial charge in [0.25, 0.3) is 0 Å². The highest BCUT2D eigenvalue weighted by molar-refractivity contribution is 14.1. The van der Waals surface area contributed by atoms with Crippen LogP contribution in [0.4, 0.5) is 4.39 Å². The molecule has 0 aliphatic rings. The number of halogens is 2. The normalized spacial score (nSPS) is 11.8. The van der Waals surface area contributed by atoms with Gasteiger partial charge in [-0.1, -0.05) is 44.7 Å². The Hall–Kier alpha value is -1.53. The quantitative estimate of drug-likeness (QED) is 0.136. The molecule has 0 unspecified atom stereocenters. The van der Waals surface area contributed by atoms with Crippen molar-refractivity contribution in [3.8, 4) is 33.4 Å². The zero-order chi connectivity index (χ0) is 22.6. The van der Waals surface area contributed by atoms with Crippen molar-refractivity contribution < 1.29 is 8.82 Å².